The molecule has 3 aromatic rings. The molecule has 0 fully saturated rings. The van der Waals surface area contributed by atoms with Crippen LogP contribution in [0.3, 0.4) is 0 Å². The Morgan fingerprint density at radius 1 is 1.17 bits per heavy atom. The summed E-state index contributed by atoms with van der Waals surface area (Å²) in [6.45, 7) is 5.85. The second kappa shape index (κ2) is 6.08. The molecule has 0 aliphatic rings. The highest BCUT2D eigenvalue weighted by Gasteiger charge is 2.11. The van der Waals surface area contributed by atoms with Gasteiger partial charge in [0.2, 0.25) is 0 Å². The predicted molar refractivity (Wildman–Crippen MR) is 93.1 cm³/mol. The minimum absolute atomic E-state index is 0.0976. The van der Waals surface area contributed by atoms with E-state index in [0.29, 0.717) is 16.3 Å². The summed E-state index contributed by atoms with van der Waals surface area (Å²) in [5.74, 6) is -0.516. The van der Waals surface area contributed by atoms with Gasteiger partial charge in [0, 0.05) is 5.56 Å². The number of hydrogen-bond acceptors (Lipinski definition) is 4. The number of aromatic nitrogens is 1. The van der Waals surface area contributed by atoms with Gasteiger partial charge in [0.1, 0.15) is 5.82 Å². The maximum Gasteiger partial charge on any atom is 0.184 e. The highest BCUT2D eigenvalue weighted by atomic mass is 32.1. The first-order valence-electron chi connectivity index (χ1n) is 7.35. The topological polar surface area (TPSA) is 42.0 Å². The summed E-state index contributed by atoms with van der Waals surface area (Å²) in [6, 6.07) is 8.72. The number of nitrogens with one attached hydrogen (secondary N) is 1. The Bertz CT molecular complexity index is 901. The molecule has 0 amide bonds. The second-order valence-electron chi connectivity index (χ2n) is 5.69. The van der Waals surface area contributed by atoms with E-state index in [2.05, 4.69) is 29.4 Å². The van der Waals surface area contributed by atoms with Gasteiger partial charge < -0.3 is 5.32 Å². The molecule has 0 radical (unpaired) electrons. The van der Waals surface area contributed by atoms with Crippen LogP contribution < -0.4 is 5.32 Å². The van der Waals surface area contributed by atoms with E-state index in [4.69, 9.17) is 0 Å². The van der Waals surface area contributed by atoms with Crippen molar-refractivity contribution >= 4 is 32.5 Å². The van der Waals surface area contributed by atoms with Gasteiger partial charge in [-0.2, -0.15) is 0 Å². The number of thiazole rings is 1. The molecule has 0 aliphatic heterocycles. The quantitative estimate of drug-likeness (QED) is 0.709. The molecule has 3 rings (SSSR count). The molecular formula is C18H17FN2OS. The Kier molecular flexibility index (Phi) is 4.13. The Labute approximate surface area is 138 Å². The van der Waals surface area contributed by atoms with Gasteiger partial charge in [-0.05, 0) is 49.6 Å². The number of Topliss-reactive ketones (excluding diaryl/α,β-unsaturated/α-hetero) is 1. The van der Waals surface area contributed by atoms with Gasteiger partial charge >= 0.3 is 0 Å². The average Bonchev–Trinajstić information content (AvgIpc) is 2.91. The molecule has 2 aromatic carbocycles. The Morgan fingerprint density at radius 3 is 2.70 bits per heavy atom. The third-order valence-electron chi connectivity index (χ3n) is 3.72. The highest BCUT2D eigenvalue weighted by Crippen LogP contribution is 2.29. The van der Waals surface area contributed by atoms with Crippen molar-refractivity contribution in [3.05, 3.63) is 58.4 Å². The SMILES string of the molecule is Cc1cc(C)c2nc(NCC(=O)c3ccc(C)c(F)c3)sc2c1. The second-order valence-corrected chi connectivity index (χ2v) is 6.72. The number of halogens is 1. The lowest BCUT2D eigenvalue weighted by molar-refractivity contribution is 0.101. The minimum Gasteiger partial charge on any atom is -0.354 e. The number of nitrogens with zero attached hydrogens (tertiary/aromatic N) is 1. The number of fused-ring (bicyclic) bond motifs is 1. The van der Waals surface area contributed by atoms with Crippen molar-refractivity contribution in [2.75, 3.05) is 11.9 Å². The van der Waals surface area contributed by atoms with E-state index in [1.54, 1.807) is 19.1 Å². The molecule has 1 N–H and O–H groups in total. The number of carbonyl (C=O) groups excluding carboxylic acids is 1. The van der Waals surface area contributed by atoms with Gasteiger partial charge in [0.05, 0.1) is 16.8 Å². The van der Waals surface area contributed by atoms with Crippen LogP contribution in [-0.4, -0.2) is 17.3 Å². The van der Waals surface area contributed by atoms with E-state index >= 15 is 0 Å². The van der Waals surface area contributed by atoms with E-state index in [1.807, 2.05) is 6.92 Å². The van der Waals surface area contributed by atoms with E-state index in [0.717, 1.165) is 15.8 Å². The van der Waals surface area contributed by atoms with Crippen LogP contribution in [0.4, 0.5) is 9.52 Å². The predicted octanol–water partition coefficient (Wildman–Crippen LogP) is 4.66. The highest BCUT2D eigenvalue weighted by molar-refractivity contribution is 7.22. The first kappa shape index (κ1) is 15.6. The lowest BCUT2D eigenvalue weighted by atomic mass is 10.1. The van der Waals surface area contributed by atoms with E-state index < -0.39 is 0 Å². The summed E-state index contributed by atoms with van der Waals surface area (Å²) in [5.41, 5.74) is 4.17. The van der Waals surface area contributed by atoms with E-state index in [-0.39, 0.29) is 18.1 Å². The molecule has 0 unspecified atom stereocenters. The molecule has 3 nitrogen and oxygen atoms in total. The van der Waals surface area contributed by atoms with Crippen LogP contribution in [0.25, 0.3) is 10.2 Å². The first-order chi connectivity index (χ1) is 10.9. The molecular weight excluding hydrogens is 311 g/mol. The van der Waals surface area contributed by atoms with Crippen LogP contribution in [0, 0.1) is 26.6 Å². The summed E-state index contributed by atoms with van der Waals surface area (Å²) in [4.78, 5) is 16.7. The zero-order valence-electron chi connectivity index (χ0n) is 13.2. The summed E-state index contributed by atoms with van der Waals surface area (Å²) in [5, 5.41) is 3.75. The fourth-order valence-corrected chi connectivity index (χ4v) is 3.51. The summed E-state index contributed by atoms with van der Waals surface area (Å²) >= 11 is 1.52. The minimum atomic E-state index is -0.359. The molecule has 0 bridgehead atoms. The number of benzene rings is 2. The number of ketones is 1. The molecule has 0 saturated carbocycles. The first-order valence-corrected chi connectivity index (χ1v) is 8.16. The van der Waals surface area contributed by atoms with Crippen LogP contribution in [0.1, 0.15) is 27.0 Å². The molecule has 0 spiro atoms. The van der Waals surface area contributed by atoms with Gasteiger partial charge in [-0.15, -0.1) is 0 Å². The van der Waals surface area contributed by atoms with Crippen molar-refractivity contribution in [2.24, 2.45) is 0 Å². The normalized spacial score (nSPS) is 11.0. The molecule has 5 heteroatoms. The molecule has 1 heterocycles. The Morgan fingerprint density at radius 2 is 1.96 bits per heavy atom. The lowest BCUT2D eigenvalue weighted by Crippen LogP contribution is -2.14. The van der Waals surface area contributed by atoms with Crippen LogP contribution in [-0.2, 0) is 0 Å². The van der Waals surface area contributed by atoms with Crippen LogP contribution in [0.15, 0.2) is 30.3 Å². The third-order valence-corrected chi connectivity index (χ3v) is 4.68. The van der Waals surface area contributed by atoms with Crippen LogP contribution in [0.5, 0.6) is 0 Å². The van der Waals surface area contributed by atoms with Crippen molar-refractivity contribution in [1.29, 1.82) is 0 Å². The van der Waals surface area contributed by atoms with E-state index in [9.17, 15) is 9.18 Å². The third kappa shape index (κ3) is 3.24. The number of hydrogen-bond donors (Lipinski definition) is 1. The smallest absolute Gasteiger partial charge is 0.184 e. The fraction of sp³-hybridized carbons (Fsp3) is 0.222. The molecule has 118 valence electrons. The largest absolute Gasteiger partial charge is 0.354 e. The summed E-state index contributed by atoms with van der Waals surface area (Å²) < 4.78 is 14.6. The van der Waals surface area contributed by atoms with Gasteiger partial charge in [0.15, 0.2) is 10.9 Å². The molecule has 0 saturated heterocycles. The zero-order chi connectivity index (χ0) is 16.6. The molecule has 0 aliphatic carbocycles. The molecule has 23 heavy (non-hydrogen) atoms. The molecule has 1 aromatic heterocycles. The summed E-state index contributed by atoms with van der Waals surface area (Å²) in [7, 11) is 0. The number of aryl methyl sites for hydroxylation is 3. The van der Waals surface area contributed by atoms with Gasteiger partial charge in [0.25, 0.3) is 0 Å². The number of carbonyl (C=O) groups is 1. The zero-order valence-corrected chi connectivity index (χ0v) is 14.1. The van der Waals surface area contributed by atoms with E-state index in [1.165, 1.54) is 23.0 Å². The van der Waals surface area contributed by atoms with Crippen molar-refractivity contribution in [1.82, 2.24) is 4.98 Å². The van der Waals surface area contributed by atoms with Crippen LogP contribution in [0.2, 0.25) is 0 Å². The Balaban J connectivity index is 1.76. The van der Waals surface area contributed by atoms with Crippen molar-refractivity contribution in [3.63, 3.8) is 0 Å². The van der Waals surface area contributed by atoms with Crippen LogP contribution >= 0.6 is 11.3 Å². The van der Waals surface area contributed by atoms with Gasteiger partial charge in [-0.25, -0.2) is 9.37 Å². The maximum atomic E-state index is 13.5. The van der Waals surface area contributed by atoms with Gasteiger partial charge in [-0.1, -0.05) is 29.5 Å². The fourth-order valence-electron chi connectivity index (χ4n) is 2.47. The van der Waals surface area contributed by atoms with Gasteiger partial charge in [-0.3, -0.25) is 4.79 Å². The summed E-state index contributed by atoms with van der Waals surface area (Å²) in [6.07, 6.45) is 0. The Hall–Kier alpha value is -2.27. The molecule has 0 atom stereocenters. The average molecular weight is 328 g/mol. The van der Waals surface area contributed by atoms with Crippen molar-refractivity contribution in [2.45, 2.75) is 20.8 Å². The van der Waals surface area contributed by atoms with Crippen molar-refractivity contribution < 1.29 is 9.18 Å². The lowest BCUT2D eigenvalue weighted by Gasteiger charge is -2.03. The number of anilines is 1. The van der Waals surface area contributed by atoms with Crippen molar-refractivity contribution in [3.8, 4) is 0 Å². The monoisotopic (exact) mass is 328 g/mol. The number of rotatable bonds is 4. The maximum absolute atomic E-state index is 13.5. The standard InChI is InChI=1S/C18H17FN2OS/c1-10-6-12(3)17-16(7-10)23-18(21-17)20-9-15(22)13-5-4-11(2)14(19)8-13/h4-8H,9H2,1-3H3,(H,20,21).